The van der Waals surface area contributed by atoms with Crippen molar-refractivity contribution in [2.75, 3.05) is 18.4 Å². The molecule has 1 saturated heterocycles. The van der Waals surface area contributed by atoms with Crippen LogP contribution < -0.4 is 5.32 Å². The van der Waals surface area contributed by atoms with Crippen LogP contribution in [0.4, 0.5) is 10.2 Å². The Morgan fingerprint density at radius 1 is 1.16 bits per heavy atom. The summed E-state index contributed by atoms with van der Waals surface area (Å²) in [6, 6.07) is 6.97. The fraction of sp³-hybridized carbons (Fsp3) is 0.474. The molecule has 0 spiro atoms. The second-order valence-corrected chi connectivity index (χ2v) is 7.19. The summed E-state index contributed by atoms with van der Waals surface area (Å²) in [5.41, 5.74) is 0.746. The number of fused-ring (bicyclic) bond motifs is 1. The summed E-state index contributed by atoms with van der Waals surface area (Å²) in [6.45, 7) is 2.51. The van der Waals surface area contributed by atoms with Gasteiger partial charge in [-0.1, -0.05) is 18.2 Å². The normalized spacial score (nSPS) is 29.4. The van der Waals surface area contributed by atoms with Crippen LogP contribution in [0.3, 0.4) is 0 Å². The molecule has 2 fully saturated rings. The fourth-order valence-corrected chi connectivity index (χ4v) is 4.24. The molecule has 2 N–H and O–H groups in total. The van der Waals surface area contributed by atoms with Gasteiger partial charge in [-0.3, -0.25) is 9.88 Å². The largest absolute Gasteiger partial charge is 0.391 e. The van der Waals surface area contributed by atoms with Crippen molar-refractivity contribution in [3.05, 3.63) is 54.2 Å². The van der Waals surface area contributed by atoms with Crippen LogP contribution in [0.2, 0.25) is 0 Å². The van der Waals surface area contributed by atoms with E-state index in [1.165, 1.54) is 6.07 Å². The third-order valence-corrected chi connectivity index (χ3v) is 5.47. The molecular formula is C19H23FN4O. The van der Waals surface area contributed by atoms with Crippen LogP contribution in [0, 0.1) is 17.7 Å². The van der Waals surface area contributed by atoms with E-state index in [2.05, 4.69) is 20.2 Å². The number of aromatic nitrogens is 2. The molecule has 1 aromatic carbocycles. The lowest BCUT2D eigenvalue weighted by atomic mass is 9.77. The number of likely N-dealkylation sites (tertiary alicyclic amines) is 1. The Hall–Kier alpha value is -2.05. The van der Waals surface area contributed by atoms with Crippen molar-refractivity contribution in [2.24, 2.45) is 11.8 Å². The summed E-state index contributed by atoms with van der Waals surface area (Å²) in [5, 5.41) is 13.8. The van der Waals surface area contributed by atoms with E-state index in [9.17, 15) is 9.50 Å². The second kappa shape index (κ2) is 7.06. The molecule has 5 nitrogen and oxygen atoms in total. The van der Waals surface area contributed by atoms with E-state index in [4.69, 9.17) is 0 Å². The third kappa shape index (κ3) is 3.65. The van der Waals surface area contributed by atoms with Crippen LogP contribution >= 0.6 is 0 Å². The summed E-state index contributed by atoms with van der Waals surface area (Å²) in [5.74, 6) is 1.55. The van der Waals surface area contributed by atoms with E-state index < -0.39 is 6.10 Å². The molecule has 2 aliphatic rings. The topological polar surface area (TPSA) is 61.3 Å². The van der Waals surface area contributed by atoms with E-state index in [1.807, 2.05) is 12.1 Å². The zero-order chi connectivity index (χ0) is 17.2. The van der Waals surface area contributed by atoms with Gasteiger partial charge < -0.3 is 10.4 Å². The van der Waals surface area contributed by atoms with Crippen molar-refractivity contribution in [3.63, 3.8) is 0 Å². The van der Waals surface area contributed by atoms with Gasteiger partial charge in [0.05, 0.1) is 18.3 Å². The summed E-state index contributed by atoms with van der Waals surface area (Å²) < 4.78 is 13.9. The number of rotatable bonds is 4. The van der Waals surface area contributed by atoms with Gasteiger partial charge >= 0.3 is 0 Å². The van der Waals surface area contributed by atoms with E-state index in [0.717, 1.165) is 31.5 Å². The monoisotopic (exact) mass is 342 g/mol. The van der Waals surface area contributed by atoms with Gasteiger partial charge in [0.2, 0.25) is 0 Å². The highest BCUT2D eigenvalue weighted by Crippen LogP contribution is 2.38. The zero-order valence-corrected chi connectivity index (χ0v) is 14.1. The van der Waals surface area contributed by atoms with Crippen molar-refractivity contribution in [1.29, 1.82) is 0 Å². The highest BCUT2D eigenvalue weighted by molar-refractivity contribution is 5.32. The molecule has 25 heavy (non-hydrogen) atoms. The first-order valence-corrected chi connectivity index (χ1v) is 8.85. The molecular weight excluding hydrogens is 319 g/mol. The molecule has 6 heteroatoms. The number of halogens is 1. The maximum Gasteiger partial charge on any atom is 0.144 e. The summed E-state index contributed by atoms with van der Waals surface area (Å²) in [4.78, 5) is 10.6. The smallest absolute Gasteiger partial charge is 0.144 e. The van der Waals surface area contributed by atoms with Gasteiger partial charge in [0.1, 0.15) is 11.6 Å². The molecule has 1 aliphatic carbocycles. The van der Waals surface area contributed by atoms with Gasteiger partial charge in [0, 0.05) is 37.6 Å². The first kappa shape index (κ1) is 16.4. The Kier molecular flexibility index (Phi) is 4.63. The highest BCUT2D eigenvalue weighted by Gasteiger charge is 2.41. The lowest BCUT2D eigenvalue weighted by molar-refractivity contribution is 0.0735. The molecule has 4 atom stereocenters. The Labute approximate surface area is 146 Å². The van der Waals surface area contributed by atoms with E-state index in [0.29, 0.717) is 24.2 Å². The summed E-state index contributed by atoms with van der Waals surface area (Å²) >= 11 is 0. The second-order valence-electron chi connectivity index (χ2n) is 7.19. The van der Waals surface area contributed by atoms with Crippen LogP contribution in [0.1, 0.15) is 18.4 Å². The predicted octanol–water partition coefficient (Wildman–Crippen LogP) is 2.30. The van der Waals surface area contributed by atoms with Crippen LogP contribution in [0.25, 0.3) is 0 Å². The van der Waals surface area contributed by atoms with Gasteiger partial charge in [0.15, 0.2) is 0 Å². The Bertz CT molecular complexity index is 714. The van der Waals surface area contributed by atoms with Crippen LogP contribution in [-0.4, -0.2) is 45.2 Å². The minimum atomic E-state index is -0.392. The summed E-state index contributed by atoms with van der Waals surface area (Å²) in [6.07, 6.45) is 6.24. The maximum atomic E-state index is 13.9. The average molecular weight is 342 g/mol. The number of nitrogens with zero attached hydrogens (tertiary/aromatic N) is 3. The first-order chi connectivity index (χ1) is 12.2. The Morgan fingerprint density at radius 3 is 2.72 bits per heavy atom. The number of aliphatic hydroxyl groups excluding tert-OH is 1. The molecule has 2 aromatic rings. The minimum Gasteiger partial charge on any atom is -0.391 e. The number of anilines is 1. The maximum absolute atomic E-state index is 13.9. The van der Waals surface area contributed by atoms with Crippen molar-refractivity contribution in [2.45, 2.75) is 31.5 Å². The van der Waals surface area contributed by atoms with E-state index in [-0.39, 0.29) is 11.9 Å². The van der Waals surface area contributed by atoms with Crippen LogP contribution in [0.5, 0.6) is 0 Å². The predicted molar refractivity (Wildman–Crippen MR) is 93.3 cm³/mol. The zero-order valence-electron chi connectivity index (χ0n) is 14.1. The van der Waals surface area contributed by atoms with Gasteiger partial charge in [-0.05, 0) is 30.7 Å². The van der Waals surface area contributed by atoms with Crippen molar-refractivity contribution in [3.8, 4) is 0 Å². The standard InChI is InChI=1S/C19H23FN4O/c20-16-4-2-1-3-13(16)10-24-11-14-7-17(18(25)8-15(14)12-24)23-19-9-21-5-6-22-19/h1-6,9,14-15,17-18,25H,7-8,10-12H2,(H,22,23)/t14-,15+,17-,18-/m1/s1. The molecule has 4 rings (SSSR count). The average Bonchev–Trinajstić information content (AvgIpc) is 2.99. The number of hydrogen-bond donors (Lipinski definition) is 2. The molecule has 1 saturated carbocycles. The highest BCUT2D eigenvalue weighted by atomic mass is 19.1. The molecule has 0 bridgehead atoms. The molecule has 0 amide bonds. The quantitative estimate of drug-likeness (QED) is 0.893. The third-order valence-electron chi connectivity index (χ3n) is 5.47. The lowest BCUT2D eigenvalue weighted by Gasteiger charge is -2.35. The molecule has 2 heterocycles. The van der Waals surface area contributed by atoms with Crippen molar-refractivity contribution in [1.82, 2.24) is 14.9 Å². The Morgan fingerprint density at radius 2 is 1.96 bits per heavy atom. The number of hydrogen-bond acceptors (Lipinski definition) is 5. The van der Waals surface area contributed by atoms with Gasteiger partial charge in [-0.2, -0.15) is 0 Å². The van der Waals surface area contributed by atoms with E-state index in [1.54, 1.807) is 24.7 Å². The SMILES string of the molecule is O[C@@H]1C[C@H]2CN(Cc3ccccc3F)C[C@H]2C[C@H]1Nc1cnccn1. The van der Waals surface area contributed by atoms with Crippen molar-refractivity contribution >= 4 is 5.82 Å². The molecule has 132 valence electrons. The lowest BCUT2D eigenvalue weighted by Crippen LogP contribution is -2.43. The fourth-order valence-electron chi connectivity index (χ4n) is 4.24. The number of benzene rings is 1. The number of aliphatic hydroxyl groups is 1. The molecule has 1 aromatic heterocycles. The van der Waals surface area contributed by atoms with Crippen LogP contribution in [-0.2, 0) is 6.54 Å². The van der Waals surface area contributed by atoms with Gasteiger partial charge in [0.25, 0.3) is 0 Å². The first-order valence-electron chi connectivity index (χ1n) is 8.85. The summed E-state index contributed by atoms with van der Waals surface area (Å²) in [7, 11) is 0. The van der Waals surface area contributed by atoms with Gasteiger partial charge in [-0.15, -0.1) is 0 Å². The van der Waals surface area contributed by atoms with Crippen LogP contribution in [0.15, 0.2) is 42.9 Å². The van der Waals surface area contributed by atoms with Gasteiger partial charge in [-0.25, -0.2) is 9.37 Å². The molecule has 0 radical (unpaired) electrons. The molecule has 0 unspecified atom stereocenters. The van der Waals surface area contributed by atoms with Crippen molar-refractivity contribution < 1.29 is 9.50 Å². The molecule has 1 aliphatic heterocycles. The Balaban J connectivity index is 1.39. The number of nitrogens with one attached hydrogen (secondary N) is 1. The van der Waals surface area contributed by atoms with E-state index >= 15 is 0 Å². The minimum absolute atomic E-state index is 0.00800.